The summed E-state index contributed by atoms with van der Waals surface area (Å²) in [5, 5.41) is 9.11. The average molecular weight is 663 g/mol. The van der Waals surface area contributed by atoms with E-state index in [-0.39, 0.29) is 23.6 Å². The van der Waals surface area contributed by atoms with Gasteiger partial charge in [0.2, 0.25) is 0 Å². The van der Waals surface area contributed by atoms with E-state index in [9.17, 15) is 0 Å². The van der Waals surface area contributed by atoms with Crippen LogP contribution < -0.4 is 17.0 Å². The third kappa shape index (κ3) is 31.8. The number of hydrogen-bond acceptors (Lipinski definition) is 2. The van der Waals surface area contributed by atoms with E-state index in [1.165, 1.54) is 204 Å². The van der Waals surface area contributed by atoms with Crippen molar-refractivity contribution in [3.8, 4) is 0 Å². The largest absolute Gasteiger partial charge is 1.00 e. The lowest BCUT2D eigenvalue weighted by atomic mass is 10.0. The molecule has 0 rings (SSSR count). The molecule has 0 spiro atoms. The highest BCUT2D eigenvalue weighted by atomic mass is 79.9. The van der Waals surface area contributed by atoms with Crippen LogP contribution in [0.25, 0.3) is 0 Å². The minimum Gasteiger partial charge on any atom is -1.00 e. The molecule has 0 aromatic carbocycles. The lowest BCUT2D eigenvalue weighted by Gasteiger charge is -2.38. The second-order valence-corrected chi connectivity index (χ2v) is 13.4. The molecule has 0 aliphatic heterocycles. The molecule has 1 N–H and O–H groups in total. The highest BCUT2D eigenvalue weighted by molar-refractivity contribution is 4.53. The zero-order chi connectivity index (χ0) is 30.0. The third-order valence-electron chi connectivity index (χ3n) is 9.59. The molecule has 0 bridgehead atoms. The predicted molar refractivity (Wildman–Crippen MR) is 184 cm³/mol. The third-order valence-corrected chi connectivity index (χ3v) is 9.59. The molecule has 0 aromatic rings. The van der Waals surface area contributed by atoms with Crippen LogP contribution in [0.5, 0.6) is 0 Å². The van der Waals surface area contributed by atoms with Crippen molar-refractivity contribution in [3.05, 3.63) is 0 Å². The van der Waals surface area contributed by atoms with Gasteiger partial charge in [-0.2, -0.15) is 0 Å². The molecule has 256 valence electrons. The first-order valence-corrected chi connectivity index (χ1v) is 19.3. The van der Waals surface area contributed by atoms with E-state index in [1.807, 2.05) is 0 Å². The highest BCUT2D eigenvalue weighted by Crippen LogP contribution is 2.18. The molecule has 0 amide bonds. The second-order valence-electron chi connectivity index (χ2n) is 13.4. The fourth-order valence-electron chi connectivity index (χ4n) is 6.52. The van der Waals surface area contributed by atoms with Crippen LogP contribution in [0.3, 0.4) is 0 Å². The van der Waals surface area contributed by atoms with Crippen LogP contribution in [0.4, 0.5) is 0 Å². The lowest BCUT2D eigenvalue weighted by molar-refractivity contribution is -0.927. The van der Waals surface area contributed by atoms with Crippen molar-refractivity contribution >= 4 is 0 Å². The van der Waals surface area contributed by atoms with Crippen LogP contribution in [0.2, 0.25) is 0 Å². The normalized spacial score (nSPS) is 11.7. The number of unbranched alkanes of at least 4 members (excludes halogenated alkanes) is 26. The zero-order valence-electron chi connectivity index (χ0n) is 29.4. The van der Waals surface area contributed by atoms with E-state index in [0.717, 1.165) is 13.2 Å². The van der Waals surface area contributed by atoms with Crippen LogP contribution in [0.1, 0.15) is 201 Å². The topological polar surface area (TPSA) is 29.5 Å². The molecule has 0 aromatic heterocycles. The number of rotatable bonds is 36. The molecule has 0 radical (unpaired) electrons. The van der Waals surface area contributed by atoms with E-state index in [2.05, 4.69) is 20.8 Å². The standard InChI is InChI=1S/C38H80NO2.BrH/c1-4-7-9-11-13-15-17-19-21-23-25-27-29-31-33-39(6-3,35-37-41-38-36-40)34-32-30-28-26-24-22-20-18-16-14-12-10-8-5-2;/h40H,4-38H2,1-3H3;1H/q+1;/p-1. The Morgan fingerprint density at radius 3 is 0.929 bits per heavy atom. The molecule has 0 saturated carbocycles. The predicted octanol–water partition coefficient (Wildman–Crippen LogP) is 8.80. The summed E-state index contributed by atoms with van der Waals surface area (Å²) < 4.78 is 6.95. The van der Waals surface area contributed by atoms with Crippen LogP contribution in [-0.2, 0) is 4.74 Å². The van der Waals surface area contributed by atoms with Crippen molar-refractivity contribution in [2.24, 2.45) is 0 Å². The quantitative estimate of drug-likeness (QED) is 0.0537. The van der Waals surface area contributed by atoms with Crippen molar-refractivity contribution in [3.63, 3.8) is 0 Å². The number of likely N-dealkylation sites (N-methyl/N-ethyl adjacent to an activating group) is 1. The highest BCUT2D eigenvalue weighted by Gasteiger charge is 2.24. The molecule has 0 aliphatic carbocycles. The van der Waals surface area contributed by atoms with Crippen LogP contribution in [-0.4, -0.2) is 55.6 Å². The number of halogens is 1. The number of nitrogens with zero attached hydrogens (tertiary/aromatic N) is 1. The molecule has 0 fully saturated rings. The number of hydrogen-bond donors (Lipinski definition) is 1. The molecular weight excluding hydrogens is 582 g/mol. The number of aliphatic hydroxyl groups excluding tert-OH is 1. The summed E-state index contributed by atoms with van der Waals surface area (Å²) >= 11 is 0. The van der Waals surface area contributed by atoms with Gasteiger partial charge < -0.3 is 31.3 Å². The van der Waals surface area contributed by atoms with Gasteiger partial charge in [-0.1, -0.05) is 168 Å². The molecule has 0 unspecified atom stereocenters. The Hall–Kier alpha value is 0.360. The first kappa shape index (κ1) is 44.5. The van der Waals surface area contributed by atoms with Gasteiger partial charge in [0.1, 0.15) is 6.54 Å². The summed E-state index contributed by atoms with van der Waals surface area (Å²) in [7, 11) is 0. The van der Waals surface area contributed by atoms with Gasteiger partial charge in [0, 0.05) is 0 Å². The van der Waals surface area contributed by atoms with Crippen molar-refractivity contribution in [2.45, 2.75) is 201 Å². The minimum atomic E-state index is 0. The molecule has 0 atom stereocenters. The number of ether oxygens (including phenoxy) is 1. The van der Waals surface area contributed by atoms with Crippen molar-refractivity contribution in [2.75, 3.05) is 46.0 Å². The van der Waals surface area contributed by atoms with E-state index in [1.54, 1.807) is 0 Å². The maximum absolute atomic E-state index is 9.11. The summed E-state index contributed by atoms with van der Waals surface area (Å²) in [5.41, 5.74) is 0. The van der Waals surface area contributed by atoms with Gasteiger partial charge in [-0.15, -0.1) is 0 Å². The maximum Gasteiger partial charge on any atom is 0.102 e. The van der Waals surface area contributed by atoms with Gasteiger partial charge in [-0.3, -0.25) is 0 Å². The smallest absolute Gasteiger partial charge is 0.102 e. The Morgan fingerprint density at radius 2 is 0.667 bits per heavy atom. The molecule has 0 saturated heterocycles. The number of aliphatic hydroxyl groups is 1. The summed E-state index contributed by atoms with van der Waals surface area (Å²) in [6.45, 7) is 13.4. The van der Waals surface area contributed by atoms with Gasteiger partial charge in [0.25, 0.3) is 0 Å². The van der Waals surface area contributed by atoms with Crippen LogP contribution in [0.15, 0.2) is 0 Å². The molecule has 3 nitrogen and oxygen atoms in total. The summed E-state index contributed by atoms with van der Waals surface area (Å²) in [6, 6.07) is 0. The van der Waals surface area contributed by atoms with E-state index >= 15 is 0 Å². The Bertz CT molecular complexity index is 444. The Labute approximate surface area is 277 Å². The molecule has 0 heterocycles. The van der Waals surface area contributed by atoms with Crippen LogP contribution >= 0.6 is 0 Å². The van der Waals surface area contributed by atoms with Gasteiger partial charge in [-0.05, 0) is 32.6 Å². The monoisotopic (exact) mass is 662 g/mol. The van der Waals surface area contributed by atoms with Gasteiger partial charge >= 0.3 is 0 Å². The number of quaternary nitrogens is 1. The summed E-state index contributed by atoms with van der Waals surface area (Å²) in [5.74, 6) is 0. The van der Waals surface area contributed by atoms with Gasteiger partial charge in [-0.25, -0.2) is 0 Å². The fraction of sp³-hybridized carbons (Fsp3) is 1.00. The van der Waals surface area contributed by atoms with E-state index < -0.39 is 0 Å². The van der Waals surface area contributed by atoms with E-state index in [4.69, 9.17) is 9.84 Å². The van der Waals surface area contributed by atoms with Crippen molar-refractivity contribution in [1.82, 2.24) is 0 Å². The molecule has 42 heavy (non-hydrogen) atoms. The zero-order valence-corrected chi connectivity index (χ0v) is 31.0. The Kier molecular flexibility index (Phi) is 39.8. The minimum absolute atomic E-state index is 0. The summed E-state index contributed by atoms with van der Waals surface area (Å²) in [4.78, 5) is 0. The SMILES string of the molecule is CCCCCCCCCCCCCCCC[N+](CC)(CCCCCCCCCCCCCCCC)CCOCCO.[Br-]. The molecule has 4 heteroatoms. The second kappa shape index (κ2) is 37.5. The maximum atomic E-state index is 9.11. The van der Waals surface area contributed by atoms with E-state index in [0.29, 0.717) is 6.61 Å². The average Bonchev–Trinajstić information content (AvgIpc) is 2.99. The van der Waals surface area contributed by atoms with Gasteiger partial charge in [0.05, 0.1) is 39.5 Å². The molecule has 0 aliphatic rings. The fourth-order valence-corrected chi connectivity index (χ4v) is 6.52. The Morgan fingerprint density at radius 1 is 0.381 bits per heavy atom. The first-order chi connectivity index (χ1) is 20.2. The van der Waals surface area contributed by atoms with Crippen molar-refractivity contribution in [1.29, 1.82) is 0 Å². The lowest BCUT2D eigenvalue weighted by Crippen LogP contribution is -3.00. The van der Waals surface area contributed by atoms with Gasteiger partial charge in [0.15, 0.2) is 0 Å². The molecular formula is C38H80BrNO2. The van der Waals surface area contributed by atoms with Crippen molar-refractivity contribution < 1.29 is 31.3 Å². The van der Waals surface area contributed by atoms with Crippen LogP contribution in [0, 0.1) is 0 Å². The summed E-state index contributed by atoms with van der Waals surface area (Å²) in [6.07, 6.45) is 40.1. The Balaban J connectivity index is 0. The first-order valence-electron chi connectivity index (χ1n) is 19.3.